The van der Waals surface area contributed by atoms with E-state index in [9.17, 15) is 0 Å². The molecule has 1 aromatic rings. The maximum Gasteiger partial charge on any atom is 0.0746 e. The van der Waals surface area contributed by atoms with Crippen LogP contribution in [0.25, 0.3) is 0 Å². The van der Waals surface area contributed by atoms with Crippen molar-refractivity contribution < 1.29 is 4.74 Å². The first-order valence-electron chi connectivity index (χ1n) is 6.31. The highest BCUT2D eigenvalue weighted by Crippen LogP contribution is 2.28. The minimum atomic E-state index is 0.281. The van der Waals surface area contributed by atoms with Crippen LogP contribution in [0, 0.1) is 0 Å². The molecule has 1 aliphatic heterocycles. The van der Waals surface area contributed by atoms with E-state index >= 15 is 0 Å². The molecular formula is C14H20N2OS. The van der Waals surface area contributed by atoms with Gasteiger partial charge in [-0.05, 0) is 12.0 Å². The van der Waals surface area contributed by atoms with Crippen LogP contribution >= 0.6 is 12.2 Å². The van der Waals surface area contributed by atoms with Crippen molar-refractivity contribution in [3.63, 3.8) is 0 Å². The third-order valence-electron chi connectivity index (χ3n) is 3.53. The fraction of sp³-hybridized carbons (Fsp3) is 0.500. The van der Waals surface area contributed by atoms with Gasteiger partial charge in [-0.2, -0.15) is 0 Å². The molecule has 2 N–H and O–H groups in total. The minimum Gasteiger partial charge on any atom is -0.393 e. The Balaban J connectivity index is 2.13. The second-order valence-corrected chi connectivity index (χ2v) is 5.26. The predicted molar refractivity (Wildman–Crippen MR) is 77.6 cm³/mol. The molecule has 0 aromatic heterocycles. The first-order valence-corrected chi connectivity index (χ1v) is 6.71. The lowest BCUT2D eigenvalue weighted by atomic mass is 10.0. The molecule has 1 aromatic carbocycles. The number of likely N-dealkylation sites (tertiary alicyclic amines) is 1. The van der Waals surface area contributed by atoms with Gasteiger partial charge in [0.05, 0.1) is 11.1 Å². The van der Waals surface area contributed by atoms with Gasteiger partial charge in [-0.1, -0.05) is 42.5 Å². The zero-order valence-electron chi connectivity index (χ0n) is 10.7. The van der Waals surface area contributed by atoms with E-state index in [2.05, 4.69) is 29.2 Å². The van der Waals surface area contributed by atoms with Crippen molar-refractivity contribution in [2.75, 3.05) is 20.2 Å². The topological polar surface area (TPSA) is 38.5 Å². The van der Waals surface area contributed by atoms with Crippen LogP contribution in [-0.4, -0.2) is 36.2 Å². The summed E-state index contributed by atoms with van der Waals surface area (Å²) < 4.78 is 5.43. The van der Waals surface area contributed by atoms with Crippen LogP contribution in [0.3, 0.4) is 0 Å². The monoisotopic (exact) mass is 264 g/mol. The average molecular weight is 264 g/mol. The molecule has 0 aliphatic carbocycles. The number of rotatable bonds is 5. The molecule has 0 spiro atoms. The normalized spacial score (nSPS) is 21.9. The predicted octanol–water partition coefficient (Wildman–Crippen LogP) is 2.12. The molecule has 0 amide bonds. The lowest BCUT2D eigenvalue weighted by Crippen LogP contribution is -2.30. The SMILES string of the molecule is COC1CCN(C(CC(N)=S)c2ccccc2)C1. The highest BCUT2D eigenvalue weighted by atomic mass is 32.1. The van der Waals surface area contributed by atoms with Gasteiger partial charge >= 0.3 is 0 Å². The zero-order chi connectivity index (χ0) is 13.0. The lowest BCUT2D eigenvalue weighted by Gasteiger charge is -2.28. The van der Waals surface area contributed by atoms with Crippen molar-refractivity contribution in [1.82, 2.24) is 4.90 Å². The summed E-state index contributed by atoms with van der Waals surface area (Å²) in [6.07, 6.45) is 2.15. The van der Waals surface area contributed by atoms with Crippen LogP contribution in [0.4, 0.5) is 0 Å². The van der Waals surface area contributed by atoms with Crippen molar-refractivity contribution in [2.45, 2.75) is 25.0 Å². The van der Waals surface area contributed by atoms with Gasteiger partial charge in [0.1, 0.15) is 0 Å². The lowest BCUT2D eigenvalue weighted by molar-refractivity contribution is 0.101. The summed E-state index contributed by atoms with van der Waals surface area (Å²) >= 11 is 5.08. The van der Waals surface area contributed by atoms with E-state index in [0.717, 1.165) is 25.9 Å². The molecule has 2 unspecified atom stereocenters. The molecule has 2 rings (SSSR count). The van der Waals surface area contributed by atoms with E-state index in [1.165, 1.54) is 5.56 Å². The third kappa shape index (κ3) is 3.28. The summed E-state index contributed by atoms with van der Waals surface area (Å²) in [6.45, 7) is 2.00. The van der Waals surface area contributed by atoms with Crippen LogP contribution in [-0.2, 0) is 4.74 Å². The largest absolute Gasteiger partial charge is 0.393 e. The quantitative estimate of drug-likeness (QED) is 0.827. The van der Waals surface area contributed by atoms with E-state index in [0.29, 0.717) is 11.1 Å². The van der Waals surface area contributed by atoms with Crippen molar-refractivity contribution >= 4 is 17.2 Å². The first-order chi connectivity index (χ1) is 8.70. The van der Waals surface area contributed by atoms with Crippen LogP contribution in [0.15, 0.2) is 30.3 Å². The Morgan fingerprint density at radius 2 is 2.22 bits per heavy atom. The molecule has 0 radical (unpaired) electrons. The van der Waals surface area contributed by atoms with Crippen LogP contribution < -0.4 is 5.73 Å². The van der Waals surface area contributed by atoms with Crippen molar-refractivity contribution in [3.05, 3.63) is 35.9 Å². The molecule has 4 heteroatoms. The van der Waals surface area contributed by atoms with Gasteiger partial charge in [0, 0.05) is 32.7 Å². The molecule has 1 aliphatic rings. The molecule has 1 saturated heterocycles. The van der Waals surface area contributed by atoms with Crippen molar-refractivity contribution in [2.24, 2.45) is 5.73 Å². The second-order valence-electron chi connectivity index (χ2n) is 4.74. The molecule has 3 nitrogen and oxygen atoms in total. The molecule has 2 atom stereocenters. The molecule has 0 bridgehead atoms. The standard InChI is InChI=1S/C14H20N2OS/c1-17-12-7-8-16(10-12)13(9-14(15)18)11-5-3-2-4-6-11/h2-6,12-13H,7-10H2,1H3,(H2,15,18). The van der Waals surface area contributed by atoms with E-state index in [4.69, 9.17) is 22.7 Å². The number of nitrogens with two attached hydrogens (primary N) is 1. The Hall–Kier alpha value is -0.970. The van der Waals surface area contributed by atoms with Crippen LogP contribution in [0.2, 0.25) is 0 Å². The Morgan fingerprint density at radius 1 is 1.50 bits per heavy atom. The highest BCUT2D eigenvalue weighted by molar-refractivity contribution is 7.80. The number of methoxy groups -OCH3 is 1. The van der Waals surface area contributed by atoms with Gasteiger partial charge in [-0.15, -0.1) is 0 Å². The number of benzene rings is 1. The third-order valence-corrected chi connectivity index (χ3v) is 3.70. The highest BCUT2D eigenvalue weighted by Gasteiger charge is 2.29. The summed E-state index contributed by atoms with van der Waals surface area (Å²) in [5.41, 5.74) is 7.02. The number of hydrogen-bond acceptors (Lipinski definition) is 3. The smallest absolute Gasteiger partial charge is 0.0746 e. The van der Waals surface area contributed by atoms with Gasteiger partial charge in [0.15, 0.2) is 0 Å². The van der Waals surface area contributed by atoms with Crippen LogP contribution in [0.5, 0.6) is 0 Å². The fourth-order valence-electron chi connectivity index (χ4n) is 2.55. The number of ether oxygens (including phenoxy) is 1. The second kappa shape index (κ2) is 6.27. The Bertz CT molecular complexity index is 396. The Kier molecular flexibility index (Phi) is 4.69. The van der Waals surface area contributed by atoms with E-state index in [1.807, 2.05) is 6.07 Å². The Morgan fingerprint density at radius 3 is 2.78 bits per heavy atom. The van der Waals surface area contributed by atoms with Crippen molar-refractivity contribution in [3.8, 4) is 0 Å². The molecule has 1 heterocycles. The summed E-state index contributed by atoms with van der Waals surface area (Å²) in [7, 11) is 1.78. The molecule has 98 valence electrons. The number of nitrogens with zero attached hydrogens (tertiary/aromatic N) is 1. The maximum atomic E-state index is 5.74. The van der Waals surface area contributed by atoms with Crippen LogP contribution in [0.1, 0.15) is 24.4 Å². The van der Waals surface area contributed by atoms with Gasteiger partial charge in [-0.3, -0.25) is 4.90 Å². The molecule has 1 fully saturated rings. The maximum absolute atomic E-state index is 5.74. The average Bonchev–Trinajstić information content (AvgIpc) is 2.85. The summed E-state index contributed by atoms with van der Waals surface area (Å²) in [4.78, 5) is 2.99. The summed E-state index contributed by atoms with van der Waals surface area (Å²) in [6, 6.07) is 10.7. The summed E-state index contributed by atoms with van der Waals surface area (Å²) in [5.74, 6) is 0. The fourth-order valence-corrected chi connectivity index (χ4v) is 2.71. The van der Waals surface area contributed by atoms with E-state index in [1.54, 1.807) is 7.11 Å². The van der Waals surface area contributed by atoms with Gasteiger partial charge in [0.2, 0.25) is 0 Å². The molecular weight excluding hydrogens is 244 g/mol. The zero-order valence-corrected chi connectivity index (χ0v) is 11.5. The van der Waals surface area contributed by atoms with Gasteiger partial charge in [-0.25, -0.2) is 0 Å². The van der Waals surface area contributed by atoms with E-state index in [-0.39, 0.29) is 6.04 Å². The van der Waals surface area contributed by atoms with Crippen molar-refractivity contribution in [1.29, 1.82) is 0 Å². The Labute approximate surface area is 114 Å². The number of hydrogen-bond donors (Lipinski definition) is 1. The molecule has 18 heavy (non-hydrogen) atoms. The van der Waals surface area contributed by atoms with E-state index < -0.39 is 0 Å². The summed E-state index contributed by atoms with van der Waals surface area (Å²) in [5, 5.41) is 0. The first kappa shape index (κ1) is 13.5. The molecule has 0 saturated carbocycles. The van der Waals surface area contributed by atoms with Gasteiger partial charge in [0.25, 0.3) is 0 Å². The van der Waals surface area contributed by atoms with Gasteiger partial charge < -0.3 is 10.5 Å². The number of thiocarbonyl (C=S) groups is 1. The minimum absolute atomic E-state index is 0.281.